The van der Waals surface area contributed by atoms with Gasteiger partial charge in [0.15, 0.2) is 23.0 Å². The molecule has 0 aromatic heterocycles. The van der Waals surface area contributed by atoms with E-state index in [2.05, 4.69) is 0 Å². The lowest BCUT2D eigenvalue weighted by Crippen LogP contribution is -2.30. The van der Waals surface area contributed by atoms with Crippen molar-refractivity contribution >= 4 is 59.6 Å². The SMILES string of the molecule is O=C(O)c1ccc(ON2[P+](Oc3ccc(C(=O)O)cc3)=NP(Oc3ccc(C(=O)O)cc3)(Oc3ccc(C(=O)O)cc3)=N[P+]2(Oc2ccc(C(=O)O)cc2)Oc2ccc(C(=O)O)cc2)cc1. The van der Waals surface area contributed by atoms with E-state index in [1.54, 1.807) is 0 Å². The molecule has 0 bridgehead atoms. The first-order valence-corrected chi connectivity index (χ1v) is 22.7. The molecule has 7 rings (SSSR count). The Morgan fingerprint density at radius 3 is 0.985 bits per heavy atom. The van der Waals surface area contributed by atoms with Crippen LogP contribution in [-0.2, 0) is 0 Å². The number of carboxylic acids is 6. The summed E-state index contributed by atoms with van der Waals surface area (Å²) in [5.74, 6) is -8.14. The van der Waals surface area contributed by atoms with Crippen LogP contribution in [0, 0.1) is 0 Å². The number of carbonyl (C=O) groups is 6. The zero-order chi connectivity index (χ0) is 47.2. The number of nitrogens with zero attached hydrogens (tertiary/aromatic N) is 3. The third-order valence-electron chi connectivity index (χ3n) is 8.66. The Hall–Kier alpha value is -8.34. The molecule has 6 aromatic carbocycles. The summed E-state index contributed by atoms with van der Waals surface area (Å²) in [5.41, 5.74) is -0.827. The molecule has 1 aliphatic rings. The van der Waals surface area contributed by atoms with Crippen molar-refractivity contribution in [1.82, 2.24) is 4.60 Å². The van der Waals surface area contributed by atoms with Crippen LogP contribution in [-0.4, -0.2) is 71.1 Å². The fraction of sp³-hybridized carbons (Fsp3) is 0. The molecule has 1 aliphatic heterocycles. The molecule has 0 radical (unpaired) electrons. The van der Waals surface area contributed by atoms with E-state index in [-0.39, 0.29) is 67.9 Å². The summed E-state index contributed by atoms with van der Waals surface area (Å²) in [7, 11) is -12.2. The first-order chi connectivity index (χ1) is 31.5. The smallest absolute Gasteiger partial charge is 0.478 e. The van der Waals surface area contributed by atoms with Gasteiger partial charge >= 0.3 is 64.2 Å². The Morgan fingerprint density at radius 2 is 0.682 bits per heavy atom. The largest absolute Gasteiger partial charge is 0.666 e. The van der Waals surface area contributed by atoms with E-state index in [1.807, 2.05) is 0 Å². The molecule has 0 saturated heterocycles. The highest BCUT2D eigenvalue weighted by atomic mass is 31.3. The molecule has 0 aliphatic carbocycles. The van der Waals surface area contributed by atoms with Gasteiger partial charge in [-0.1, -0.05) is 0 Å². The number of hydrogen-bond acceptors (Lipinski definition) is 15. The second-order valence-corrected chi connectivity index (χ2v) is 19.0. The Kier molecular flexibility index (Phi) is 13.3. The third-order valence-corrected chi connectivity index (χ3v) is 16.2. The van der Waals surface area contributed by atoms with E-state index in [0.717, 1.165) is 4.60 Å². The van der Waals surface area contributed by atoms with Crippen LogP contribution in [0.5, 0.6) is 34.5 Å². The molecule has 0 amide bonds. The minimum Gasteiger partial charge on any atom is -0.478 e. The van der Waals surface area contributed by atoms with Gasteiger partial charge in [0.1, 0.15) is 11.5 Å². The Labute approximate surface area is 372 Å². The van der Waals surface area contributed by atoms with Gasteiger partial charge in [-0.25, -0.2) is 33.3 Å². The van der Waals surface area contributed by atoms with Crippen LogP contribution >= 0.6 is 23.8 Å². The summed E-state index contributed by atoms with van der Waals surface area (Å²) in [6, 6.07) is 29.8. The zero-order valence-electron chi connectivity index (χ0n) is 33.1. The van der Waals surface area contributed by atoms with Gasteiger partial charge in [-0.3, -0.25) is 9.05 Å². The number of aromatic carboxylic acids is 6. The van der Waals surface area contributed by atoms with Gasteiger partial charge in [0, 0.05) is 0 Å². The molecule has 0 saturated carbocycles. The second-order valence-electron chi connectivity index (χ2n) is 13.2. The Balaban J connectivity index is 1.54. The highest BCUT2D eigenvalue weighted by Gasteiger charge is 2.76. The van der Waals surface area contributed by atoms with Crippen LogP contribution in [0.1, 0.15) is 62.1 Å². The van der Waals surface area contributed by atoms with E-state index in [0.29, 0.717) is 0 Å². The van der Waals surface area contributed by atoms with Gasteiger partial charge in [0.05, 0.1) is 42.4 Å². The average molecular weight is 958 g/mol. The third kappa shape index (κ3) is 10.7. The van der Waals surface area contributed by atoms with E-state index in [4.69, 9.17) is 36.5 Å². The maximum Gasteiger partial charge on any atom is 0.666 e. The lowest BCUT2D eigenvalue weighted by molar-refractivity contribution is 0.0685. The topological polar surface area (TPSA) is 307 Å². The molecule has 0 spiro atoms. The normalized spacial score (nSPS) is 14.2. The molecule has 66 heavy (non-hydrogen) atoms. The predicted octanol–water partition coefficient (Wildman–Crippen LogP) is 10.00. The van der Waals surface area contributed by atoms with Gasteiger partial charge in [0.2, 0.25) is 0 Å². The Morgan fingerprint density at radius 1 is 0.409 bits per heavy atom. The first kappa shape index (κ1) is 45.7. The molecule has 1 heterocycles. The summed E-state index contributed by atoms with van der Waals surface area (Å²) in [6.07, 6.45) is 0. The van der Waals surface area contributed by atoms with Gasteiger partial charge in [0.25, 0.3) is 0 Å². The van der Waals surface area contributed by atoms with E-state index in [1.165, 1.54) is 146 Å². The highest BCUT2D eigenvalue weighted by molar-refractivity contribution is 7.80. The number of benzene rings is 6. The van der Waals surface area contributed by atoms with Crippen molar-refractivity contribution in [3.05, 3.63) is 179 Å². The van der Waals surface area contributed by atoms with Gasteiger partial charge in [-0.15, -0.1) is 0 Å². The summed E-state index contributed by atoms with van der Waals surface area (Å²) in [6.45, 7) is 0. The molecule has 1 unspecified atom stereocenters. The van der Waals surface area contributed by atoms with Gasteiger partial charge in [-0.2, -0.15) is 0 Å². The first-order valence-electron chi connectivity index (χ1n) is 18.5. The number of hydrogen-bond donors (Lipinski definition) is 6. The van der Waals surface area contributed by atoms with Crippen molar-refractivity contribution in [2.75, 3.05) is 0 Å². The van der Waals surface area contributed by atoms with Crippen LogP contribution in [0.2, 0.25) is 0 Å². The van der Waals surface area contributed by atoms with Gasteiger partial charge < -0.3 is 44.5 Å². The monoisotopic (exact) mass is 957 g/mol. The number of rotatable bonds is 18. The number of carboxylic acid groups (broad SMARTS) is 6. The summed E-state index contributed by atoms with van der Waals surface area (Å²) < 4.78 is 43.7. The van der Waals surface area contributed by atoms with Gasteiger partial charge in [-0.05, 0) is 146 Å². The fourth-order valence-electron chi connectivity index (χ4n) is 5.47. The second kappa shape index (κ2) is 19.2. The fourth-order valence-corrected chi connectivity index (χ4v) is 13.7. The van der Waals surface area contributed by atoms with Crippen LogP contribution in [0.15, 0.2) is 155 Å². The lowest BCUT2D eigenvalue weighted by atomic mass is 10.2. The van der Waals surface area contributed by atoms with Crippen molar-refractivity contribution in [2.45, 2.75) is 0 Å². The van der Waals surface area contributed by atoms with Crippen LogP contribution in [0.4, 0.5) is 0 Å². The van der Waals surface area contributed by atoms with E-state index in [9.17, 15) is 59.4 Å². The molecule has 6 aromatic rings. The molecule has 0 fully saturated rings. The van der Waals surface area contributed by atoms with Crippen molar-refractivity contribution in [1.29, 1.82) is 0 Å². The van der Waals surface area contributed by atoms with E-state index >= 15 is 0 Å². The molecular formula is C42H30N3O18P3+2. The zero-order valence-corrected chi connectivity index (χ0v) is 35.8. The molecule has 24 heteroatoms. The standard InChI is InChI=1S/C42H28N3O18P3/c46-37(47)25-1-13-31(14-2-25)58-45-64(59-32-15-3-26(4-16-32)38(48)49)43-65(60-33-17-5-27(6-18-33)39(50)51,61-34-19-7-28(8-20-34)40(52)53)44-66(45,62-35-21-9-29(10-22-35)41(54)55)63-36-23-11-30(12-24-36)42(56)57/h1-24H,(H4-2,46,47,48,49,50,51,52,53,54,55,56,57)/p+2. The minimum atomic E-state index is -4.73. The minimum absolute atomic E-state index is 0.0315. The van der Waals surface area contributed by atoms with Crippen LogP contribution in [0.25, 0.3) is 0 Å². The molecule has 334 valence electrons. The molecular weight excluding hydrogens is 927 g/mol. The maximum atomic E-state index is 11.9. The average Bonchev–Trinajstić information content (AvgIpc) is 3.28. The summed E-state index contributed by atoms with van der Waals surface area (Å²) in [4.78, 5) is 77.5. The quantitative estimate of drug-likeness (QED) is 0.0436. The van der Waals surface area contributed by atoms with Crippen LogP contribution in [0.3, 0.4) is 0 Å². The summed E-state index contributed by atoms with van der Waals surface area (Å²) >= 11 is 0. The van der Waals surface area contributed by atoms with Crippen molar-refractivity contribution in [2.24, 2.45) is 9.03 Å². The van der Waals surface area contributed by atoms with Crippen molar-refractivity contribution in [3.63, 3.8) is 0 Å². The predicted molar refractivity (Wildman–Crippen MR) is 232 cm³/mol. The molecule has 6 N–H and O–H groups in total. The Bertz CT molecular complexity index is 2810. The maximum absolute atomic E-state index is 11.9. The molecule has 1 atom stereocenters. The highest BCUT2D eigenvalue weighted by Crippen LogP contribution is 2.80. The van der Waals surface area contributed by atoms with Crippen molar-refractivity contribution in [3.8, 4) is 34.5 Å². The van der Waals surface area contributed by atoms with Crippen molar-refractivity contribution < 1.29 is 86.9 Å². The lowest BCUT2D eigenvalue weighted by Gasteiger charge is -2.26. The summed E-state index contributed by atoms with van der Waals surface area (Å²) in [5, 5.41) is 57.9. The van der Waals surface area contributed by atoms with Crippen LogP contribution < -0.4 is 27.5 Å². The molecule has 21 nitrogen and oxygen atoms in total. The van der Waals surface area contributed by atoms with E-state index < -0.39 is 59.6 Å².